The topological polar surface area (TPSA) is 47.2 Å². The molecule has 3 aromatic heterocycles. The molecule has 114 valence electrons. The van der Waals surface area contributed by atoms with Crippen molar-refractivity contribution >= 4 is 43.4 Å². The first-order valence-corrected chi connectivity index (χ1v) is 8.50. The van der Waals surface area contributed by atoms with Gasteiger partial charge in [-0.15, -0.1) is 11.3 Å². The standard InChI is InChI=1S/C16H15BrN2O2S/c1-2-3-6-19-12-9-15(17)22-14(12)8-13(19)16(20)18-10-11-5-4-7-21-11/h2-5,7-9H,6,10H2,1H3,(H,18,20)/b3-2+. The summed E-state index contributed by atoms with van der Waals surface area (Å²) in [6.45, 7) is 3.03. The van der Waals surface area contributed by atoms with Crippen LogP contribution in [0.2, 0.25) is 0 Å². The van der Waals surface area contributed by atoms with E-state index in [9.17, 15) is 4.79 Å². The highest BCUT2D eigenvalue weighted by molar-refractivity contribution is 9.11. The molecule has 0 aliphatic carbocycles. The molecule has 0 aliphatic rings. The highest BCUT2D eigenvalue weighted by Crippen LogP contribution is 2.32. The number of carbonyl (C=O) groups excluding carboxylic acids is 1. The zero-order valence-electron chi connectivity index (χ0n) is 12.0. The molecule has 0 saturated carbocycles. The highest BCUT2D eigenvalue weighted by atomic mass is 79.9. The zero-order valence-corrected chi connectivity index (χ0v) is 14.4. The maximum atomic E-state index is 12.5. The monoisotopic (exact) mass is 378 g/mol. The number of carbonyl (C=O) groups is 1. The van der Waals surface area contributed by atoms with Crippen LogP contribution in [0.25, 0.3) is 10.2 Å². The minimum atomic E-state index is -0.0968. The predicted octanol–water partition coefficient (Wildman–Crippen LogP) is 4.56. The molecule has 0 atom stereocenters. The Kier molecular flexibility index (Phi) is 4.49. The van der Waals surface area contributed by atoms with Gasteiger partial charge in [-0.3, -0.25) is 4.79 Å². The van der Waals surface area contributed by atoms with E-state index in [4.69, 9.17) is 4.42 Å². The number of hydrogen-bond acceptors (Lipinski definition) is 3. The summed E-state index contributed by atoms with van der Waals surface area (Å²) in [4.78, 5) is 12.5. The van der Waals surface area contributed by atoms with Gasteiger partial charge in [-0.25, -0.2) is 0 Å². The van der Waals surface area contributed by atoms with Crippen LogP contribution in [0.15, 0.2) is 50.9 Å². The molecule has 0 aliphatic heterocycles. The van der Waals surface area contributed by atoms with Gasteiger partial charge in [0.05, 0.1) is 26.8 Å². The summed E-state index contributed by atoms with van der Waals surface area (Å²) < 4.78 is 9.42. The zero-order chi connectivity index (χ0) is 15.5. The van der Waals surface area contributed by atoms with Gasteiger partial charge in [0.15, 0.2) is 0 Å². The maximum Gasteiger partial charge on any atom is 0.268 e. The number of thiophene rings is 1. The Morgan fingerprint density at radius 3 is 3.09 bits per heavy atom. The fourth-order valence-electron chi connectivity index (χ4n) is 2.28. The van der Waals surface area contributed by atoms with Crippen LogP contribution in [0.4, 0.5) is 0 Å². The van der Waals surface area contributed by atoms with Crippen LogP contribution in [0.1, 0.15) is 23.2 Å². The predicted molar refractivity (Wildman–Crippen MR) is 92.2 cm³/mol. The van der Waals surface area contributed by atoms with E-state index >= 15 is 0 Å². The summed E-state index contributed by atoms with van der Waals surface area (Å²) in [5.74, 6) is 0.643. The minimum absolute atomic E-state index is 0.0968. The van der Waals surface area contributed by atoms with Crippen LogP contribution in [0.3, 0.4) is 0 Å². The van der Waals surface area contributed by atoms with Crippen molar-refractivity contribution in [2.24, 2.45) is 0 Å². The smallest absolute Gasteiger partial charge is 0.268 e. The molecule has 0 saturated heterocycles. The Morgan fingerprint density at radius 1 is 1.50 bits per heavy atom. The summed E-state index contributed by atoms with van der Waals surface area (Å²) >= 11 is 5.13. The Labute approximate surface area is 140 Å². The number of allylic oxidation sites excluding steroid dienone is 2. The third-order valence-corrected chi connectivity index (χ3v) is 4.89. The molecule has 3 rings (SSSR count). The van der Waals surface area contributed by atoms with E-state index in [0.717, 1.165) is 19.8 Å². The lowest BCUT2D eigenvalue weighted by atomic mass is 10.3. The van der Waals surface area contributed by atoms with Crippen LogP contribution in [-0.4, -0.2) is 10.5 Å². The van der Waals surface area contributed by atoms with Crippen molar-refractivity contribution in [3.8, 4) is 0 Å². The SMILES string of the molecule is C/C=C/Cn1c(C(=O)NCc2ccco2)cc2sc(Br)cc21. The second kappa shape index (κ2) is 6.54. The van der Waals surface area contributed by atoms with Gasteiger partial charge in [0, 0.05) is 6.54 Å². The molecule has 0 spiro atoms. The first-order chi connectivity index (χ1) is 10.7. The van der Waals surface area contributed by atoms with Gasteiger partial charge in [-0.05, 0) is 47.1 Å². The van der Waals surface area contributed by atoms with Gasteiger partial charge in [-0.2, -0.15) is 0 Å². The van der Waals surface area contributed by atoms with E-state index in [1.54, 1.807) is 17.6 Å². The van der Waals surface area contributed by atoms with Crippen molar-refractivity contribution in [2.75, 3.05) is 0 Å². The summed E-state index contributed by atoms with van der Waals surface area (Å²) in [5, 5.41) is 2.90. The van der Waals surface area contributed by atoms with Crippen molar-refractivity contribution in [1.29, 1.82) is 0 Å². The molecule has 0 unspecified atom stereocenters. The molecule has 0 fully saturated rings. The van der Waals surface area contributed by atoms with E-state index in [1.165, 1.54) is 0 Å². The largest absolute Gasteiger partial charge is 0.467 e. The third kappa shape index (κ3) is 3.03. The van der Waals surface area contributed by atoms with Gasteiger partial charge in [0.25, 0.3) is 5.91 Å². The summed E-state index contributed by atoms with van der Waals surface area (Å²) in [6.07, 6.45) is 5.62. The fourth-order valence-corrected chi connectivity index (χ4v) is 3.84. The Morgan fingerprint density at radius 2 is 2.36 bits per heavy atom. The van der Waals surface area contributed by atoms with Crippen LogP contribution < -0.4 is 5.32 Å². The Hall–Kier alpha value is -1.79. The molecular weight excluding hydrogens is 364 g/mol. The number of fused-ring (bicyclic) bond motifs is 1. The van der Waals surface area contributed by atoms with E-state index in [2.05, 4.69) is 21.2 Å². The Balaban J connectivity index is 1.87. The number of aromatic nitrogens is 1. The molecule has 3 aromatic rings. The number of furan rings is 1. The van der Waals surface area contributed by atoms with E-state index in [0.29, 0.717) is 18.8 Å². The average molecular weight is 379 g/mol. The second-order valence-electron chi connectivity index (χ2n) is 4.77. The van der Waals surface area contributed by atoms with Gasteiger partial charge < -0.3 is 14.3 Å². The lowest BCUT2D eigenvalue weighted by molar-refractivity contribution is 0.0939. The fraction of sp³-hybridized carbons (Fsp3) is 0.188. The third-order valence-electron chi connectivity index (χ3n) is 3.32. The molecule has 1 amide bonds. The number of amides is 1. The number of rotatable bonds is 5. The normalized spacial score (nSPS) is 11.5. The molecule has 0 aromatic carbocycles. The lowest BCUT2D eigenvalue weighted by Crippen LogP contribution is -2.25. The van der Waals surface area contributed by atoms with Crippen LogP contribution in [0, 0.1) is 0 Å². The van der Waals surface area contributed by atoms with Gasteiger partial charge in [-0.1, -0.05) is 12.2 Å². The number of hydrogen-bond donors (Lipinski definition) is 1. The number of halogens is 1. The molecule has 22 heavy (non-hydrogen) atoms. The molecule has 0 bridgehead atoms. The molecule has 0 radical (unpaired) electrons. The van der Waals surface area contributed by atoms with Crippen molar-refractivity contribution in [3.05, 3.63) is 57.9 Å². The number of nitrogens with one attached hydrogen (secondary N) is 1. The van der Waals surface area contributed by atoms with E-state index in [-0.39, 0.29) is 5.91 Å². The first-order valence-electron chi connectivity index (χ1n) is 6.89. The molecule has 4 nitrogen and oxygen atoms in total. The summed E-state index contributed by atoms with van der Waals surface area (Å²) in [5.41, 5.74) is 1.73. The molecule has 1 N–H and O–H groups in total. The second-order valence-corrected chi connectivity index (χ2v) is 7.23. The van der Waals surface area contributed by atoms with Gasteiger partial charge >= 0.3 is 0 Å². The van der Waals surface area contributed by atoms with Crippen molar-refractivity contribution in [1.82, 2.24) is 9.88 Å². The van der Waals surface area contributed by atoms with Gasteiger partial charge in [0.1, 0.15) is 11.5 Å². The van der Waals surface area contributed by atoms with Crippen LogP contribution >= 0.6 is 27.3 Å². The lowest BCUT2D eigenvalue weighted by Gasteiger charge is -2.08. The van der Waals surface area contributed by atoms with Crippen molar-refractivity contribution in [2.45, 2.75) is 20.0 Å². The molecule has 3 heterocycles. The highest BCUT2D eigenvalue weighted by Gasteiger charge is 2.17. The quantitative estimate of drug-likeness (QED) is 0.661. The van der Waals surface area contributed by atoms with Crippen molar-refractivity contribution in [3.63, 3.8) is 0 Å². The first kappa shape index (κ1) is 15.1. The number of nitrogens with zero attached hydrogens (tertiary/aromatic N) is 1. The molecule has 6 heteroatoms. The van der Waals surface area contributed by atoms with Crippen LogP contribution in [-0.2, 0) is 13.1 Å². The van der Waals surface area contributed by atoms with E-state index < -0.39 is 0 Å². The van der Waals surface area contributed by atoms with E-state index in [1.807, 2.05) is 47.9 Å². The Bertz CT molecular complexity index is 815. The van der Waals surface area contributed by atoms with Crippen molar-refractivity contribution < 1.29 is 9.21 Å². The average Bonchev–Trinajstić information content (AvgIpc) is 3.19. The maximum absolute atomic E-state index is 12.5. The van der Waals surface area contributed by atoms with Crippen LogP contribution in [0.5, 0.6) is 0 Å². The summed E-state index contributed by atoms with van der Waals surface area (Å²) in [6, 6.07) is 7.64. The summed E-state index contributed by atoms with van der Waals surface area (Å²) in [7, 11) is 0. The minimum Gasteiger partial charge on any atom is -0.467 e. The molecular formula is C16H15BrN2O2S. The van der Waals surface area contributed by atoms with Gasteiger partial charge in [0.2, 0.25) is 0 Å².